The third-order valence-electron chi connectivity index (χ3n) is 3.91. The minimum Gasteiger partial charge on any atom is -0.374 e. The molecule has 2 heteroatoms. The molecule has 0 heterocycles. The van der Waals surface area contributed by atoms with Gasteiger partial charge in [-0.2, -0.15) is 0 Å². The first-order valence-corrected chi connectivity index (χ1v) is 6.67. The summed E-state index contributed by atoms with van der Waals surface area (Å²) in [6.45, 7) is 11.4. The van der Waals surface area contributed by atoms with E-state index in [-0.39, 0.29) is 0 Å². The lowest BCUT2D eigenvalue weighted by molar-refractivity contribution is -0.0678. The Balaban J connectivity index is 2.48. The lowest BCUT2D eigenvalue weighted by atomic mass is 9.71. The van der Waals surface area contributed by atoms with Crippen LogP contribution in [-0.4, -0.2) is 25.3 Å². The number of ether oxygens (including phenoxy) is 1. The van der Waals surface area contributed by atoms with Crippen LogP contribution in [0.3, 0.4) is 0 Å². The molecule has 0 radical (unpaired) electrons. The summed E-state index contributed by atoms with van der Waals surface area (Å²) in [6, 6.07) is 0.431. The van der Waals surface area contributed by atoms with Crippen LogP contribution in [0.25, 0.3) is 0 Å². The van der Waals surface area contributed by atoms with Crippen LogP contribution >= 0.6 is 0 Å². The van der Waals surface area contributed by atoms with Crippen molar-refractivity contribution in [1.29, 1.82) is 0 Å². The fraction of sp³-hybridized carbons (Fsp3) is 1.00. The van der Waals surface area contributed by atoms with E-state index >= 15 is 0 Å². The molecule has 1 rings (SSSR count). The van der Waals surface area contributed by atoms with Gasteiger partial charge in [0.2, 0.25) is 0 Å². The molecular formula is C14H29NO. The first-order valence-electron chi connectivity index (χ1n) is 6.67. The molecule has 0 aliphatic heterocycles. The molecule has 0 saturated heterocycles. The lowest BCUT2D eigenvalue weighted by Gasteiger charge is -2.40. The van der Waals surface area contributed by atoms with E-state index in [0.717, 1.165) is 5.92 Å². The van der Waals surface area contributed by atoms with E-state index in [4.69, 9.17) is 4.74 Å². The van der Waals surface area contributed by atoms with Crippen LogP contribution in [-0.2, 0) is 4.74 Å². The number of hydrogen-bond donors (Lipinski definition) is 1. The molecule has 1 saturated carbocycles. The smallest absolute Gasteiger partial charge is 0.0700 e. The van der Waals surface area contributed by atoms with Gasteiger partial charge in [-0.3, -0.25) is 0 Å². The van der Waals surface area contributed by atoms with E-state index in [1.807, 2.05) is 7.05 Å². The van der Waals surface area contributed by atoms with Gasteiger partial charge in [0.25, 0.3) is 0 Å². The van der Waals surface area contributed by atoms with Gasteiger partial charge in [-0.05, 0) is 51.5 Å². The third kappa shape index (κ3) is 4.06. The van der Waals surface area contributed by atoms with E-state index in [0.29, 0.717) is 23.7 Å². The molecule has 1 N–H and O–H groups in total. The Morgan fingerprint density at radius 2 is 1.88 bits per heavy atom. The molecule has 0 aromatic heterocycles. The van der Waals surface area contributed by atoms with Crippen LogP contribution in [0.2, 0.25) is 0 Å². The summed E-state index contributed by atoms with van der Waals surface area (Å²) < 4.78 is 6.19. The summed E-state index contributed by atoms with van der Waals surface area (Å²) in [7, 11) is 2.00. The Hall–Kier alpha value is -0.0800. The Labute approximate surface area is 101 Å². The van der Waals surface area contributed by atoms with Crippen molar-refractivity contribution in [1.82, 2.24) is 5.32 Å². The zero-order valence-electron chi connectivity index (χ0n) is 11.8. The van der Waals surface area contributed by atoms with Gasteiger partial charge in [0.1, 0.15) is 0 Å². The summed E-state index contributed by atoms with van der Waals surface area (Å²) in [4.78, 5) is 0. The summed E-state index contributed by atoms with van der Waals surface area (Å²) >= 11 is 0. The highest BCUT2D eigenvalue weighted by atomic mass is 16.5. The van der Waals surface area contributed by atoms with Crippen LogP contribution in [0.15, 0.2) is 0 Å². The first kappa shape index (κ1) is 14.0. The largest absolute Gasteiger partial charge is 0.374 e. The highest BCUT2D eigenvalue weighted by Crippen LogP contribution is 2.40. The van der Waals surface area contributed by atoms with Crippen LogP contribution in [0, 0.1) is 11.3 Å². The van der Waals surface area contributed by atoms with E-state index in [2.05, 4.69) is 39.9 Å². The Kier molecular flexibility index (Phi) is 4.81. The van der Waals surface area contributed by atoms with Crippen molar-refractivity contribution < 1.29 is 4.74 Å². The topological polar surface area (TPSA) is 21.3 Å². The highest BCUT2D eigenvalue weighted by molar-refractivity contribution is 4.84. The molecule has 0 aromatic carbocycles. The maximum absolute atomic E-state index is 6.19. The standard InChI is InChI=1S/C14H29NO/c1-10-7-13(9-14(4,5)8-10)16-12(3)11(2)15-6/h10-13,15H,7-9H2,1-6H3. The second-order valence-electron chi connectivity index (χ2n) is 6.45. The molecule has 4 atom stereocenters. The molecule has 96 valence electrons. The molecule has 4 unspecified atom stereocenters. The molecule has 1 fully saturated rings. The predicted molar refractivity (Wildman–Crippen MR) is 69.7 cm³/mol. The number of rotatable bonds is 4. The van der Waals surface area contributed by atoms with Crippen molar-refractivity contribution in [2.24, 2.45) is 11.3 Å². The molecule has 1 aliphatic rings. The van der Waals surface area contributed by atoms with E-state index in [9.17, 15) is 0 Å². The number of likely N-dealkylation sites (N-methyl/N-ethyl adjacent to an activating group) is 1. The fourth-order valence-corrected chi connectivity index (χ4v) is 3.02. The average Bonchev–Trinajstić information content (AvgIpc) is 2.12. The molecule has 0 bridgehead atoms. The van der Waals surface area contributed by atoms with Crippen molar-refractivity contribution in [2.75, 3.05) is 7.05 Å². The normalized spacial score (nSPS) is 33.4. The van der Waals surface area contributed by atoms with Crippen molar-refractivity contribution in [3.05, 3.63) is 0 Å². The zero-order chi connectivity index (χ0) is 12.3. The van der Waals surface area contributed by atoms with Crippen LogP contribution in [0.1, 0.15) is 53.9 Å². The van der Waals surface area contributed by atoms with Crippen LogP contribution in [0.5, 0.6) is 0 Å². The molecule has 0 spiro atoms. The van der Waals surface area contributed by atoms with E-state index in [1.165, 1.54) is 19.3 Å². The monoisotopic (exact) mass is 227 g/mol. The zero-order valence-corrected chi connectivity index (χ0v) is 11.8. The Morgan fingerprint density at radius 3 is 2.38 bits per heavy atom. The molecule has 0 amide bonds. The van der Waals surface area contributed by atoms with Crippen molar-refractivity contribution in [3.63, 3.8) is 0 Å². The quantitative estimate of drug-likeness (QED) is 0.796. The number of hydrogen-bond acceptors (Lipinski definition) is 2. The summed E-state index contributed by atoms with van der Waals surface area (Å²) in [6.07, 6.45) is 4.52. The van der Waals surface area contributed by atoms with Crippen LogP contribution in [0.4, 0.5) is 0 Å². The Bertz CT molecular complexity index is 215. The van der Waals surface area contributed by atoms with Gasteiger partial charge < -0.3 is 10.1 Å². The van der Waals surface area contributed by atoms with Gasteiger partial charge in [0, 0.05) is 6.04 Å². The molecule has 0 aromatic rings. The maximum Gasteiger partial charge on any atom is 0.0700 e. The van der Waals surface area contributed by atoms with Gasteiger partial charge in [0.05, 0.1) is 12.2 Å². The molecule has 16 heavy (non-hydrogen) atoms. The molecular weight excluding hydrogens is 198 g/mol. The van der Waals surface area contributed by atoms with Gasteiger partial charge in [-0.15, -0.1) is 0 Å². The SMILES string of the molecule is CNC(C)C(C)OC1CC(C)CC(C)(C)C1. The minimum absolute atomic E-state index is 0.302. The van der Waals surface area contributed by atoms with Gasteiger partial charge in [0.15, 0.2) is 0 Å². The second kappa shape index (κ2) is 5.50. The molecule has 2 nitrogen and oxygen atoms in total. The maximum atomic E-state index is 6.19. The minimum atomic E-state index is 0.302. The predicted octanol–water partition coefficient (Wildman–Crippen LogP) is 3.21. The molecule has 1 aliphatic carbocycles. The third-order valence-corrected chi connectivity index (χ3v) is 3.91. The van der Waals surface area contributed by atoms with Crippen molar-refractivity contribution in [2.45, 2.75) is 72.1 Å². The van der Waals surface area contributed by atoms with E-state index in [1.54, 1.807) is 0 Å². The lowest BCUT2D eigenvalue weighted by Crippen LogP contribution is -2.40. The Morgan fingerprint density at radius 1 is 1.25 bits per heavy atom. The van der Waals surface area contributed by atoms with Gasteiger partial charge in [-0.1, -0.05) is 20.8 Å². The van der Waals surface area contributed by atoms with Crippen molar-refractivity contribution >= 4 is 0 Å². The fourth-order valence-electron chi connectivity index (χ4n) is 3.02. The summed E-state index contributed by atoms with van der Waals surface area (Å²) in [5.41, 5.74) is 0.449. The van der Waals surface area contributed by atoms with Crippen LogP contribution < -0.4 is 5.32 Å². The van der Waals surface area contributed by atoms with Crippen molar-refractivity contribution in [3.8, 4) is 0 Å². The number of nitrogens with one attached hydrogen (secondary N) is 1. The van der Waals surface area contributed by atoms with E-state index < -0.39 is 0 Å². The first-order chi connectivity index (χ1) is 7.34. The summed E-state index contributed by atoms with van der Waals surface area (Å²) in [5.74, 6) is 0.797. The summed E-state index contributed by atoms with van der Waals surface area (Å²) in [5, 5.41) is 3.26. The average molecular weight is 227 g/mol. The van der Waals surface area contributed by atoms with Gasteiger partial charge in [-0.25, -0.2) is 0 Å². The van der Waals surface area contributed by atoms with Gasteiger partial charge >= 0.3 is 0 Å². The second-order valence-corrected chi connectivity index (χ2v) is 6.45. The highest BCUT2D eigenvalue weighted by Gasteiger charge is 2.33.